The van der Waals surface area contributed by atoms with Crippen LogP contribution in [0, 0.1) is 0 Å². The van der Waals surface area contributed by atoms with E-state index in [0.717, 1.165) is 4.90 Å². The predicted molar refractivity (Wildman–Crippen MR) is 74.4 cm³/mol. The van der Waals surface area contributed by atoms with Crippen LogP contribution in [0.25, 0.3) is 0 Å². The van der Waals surface area contributed by atoms with E-state index in [2.05, 4.69) is 0 Å². The highest BCUT2D eigenvalue weighted by Gasteiger charge is 2.65. The lowest BCUT2D eigenvalue weighted by atomic mass is 9.72. The number of nitrogens with zero attached hydrogens (tertiary/aromatic N) is 1. The minimum atomic E-state index is -9.98. The third-order valence-corrected chi connectivity index (χ3v) is 5.45. The average Bonchev–Trinajstić information content (AvgIpc) is 2.44. The fraction of sp³-hybridized carbons (Fsp3) is 0.462. The summed E-state index contributed by atoms with van der Waals surface area (Å²) in [6.07, 6.45) is -7.71. The van der Waals surface area contributed by atoms with E-state index in [0.29, 0.717) is 12.1 Å². The lowest BCUT2D eigenvalue weighted by Gasteiger charge is -2.43. The lowest BCUT2D eigenvalue weighted by Crippen LogP contribution is -2.52. The number of carbonyl (C=O) groups is 1. The Hall–Kier alpha value is -1.72. The van der Waals surface area contributed by atoms with Gasteiger partial charge in [0.25, 0.3) is 0 Å². The van der Waals surface area contributed by atoms with E-state index in [4.69, 9.17) is 5.11 Å². The van der Waals surface area contributed by atoms with Crippen LogP contribution in [0.1, 0.15) is 18.4 Å². The van der Waals surface area contributed by atoms with Crippen LogP contribution in [0.15, 0.2) is 29.2 Å². The standard InChI is InChI=1S/C13H13F8NO2S/c14-13(15,16)12(5-7-22(8-6-12)11(23)24)9-1-3-10(4-2-9)25(17,18,19,20)21/h1-4H,5-8H2,(H,23,24). The van der Waals surface area contributed by atoms with Gasteiger partial charge in [-0.3, -0.25) is 0 Å². The molecule has 0 bridgehead atoms. The Morgan fingerprint density at radius 2 is 1.44 bits per heavy atom. The molecule has 12 heteroatoms. The van der Waals surface area contributed by atoms with Crippen LogP contribution in [0.4, 0.5) is 37.4 Å². The molecule has 1 heterocycles. The first-order valence-electron chi connectivity index (χ1n) is 6.85. The minimum absolute atomic E-state index is 0.0616. The highest BCUT2D eigenvalue weighted by Crippen LogP contribution is 3.02. The molecule has 0 aromatic heterocycles. The molecule has 0 saturated carbocycles. The summed E-state index contributed by atoms with van der Waals surface area (Å²) >= 11 is 0. The Bertz CT molecular complexity index is 675. The van der Waals surface area contributed by atoms with Gasteiger partial charge in [0.15, 0.2) is 0 Å². The molecule has 1 amide bonds. The highest BCUT2D eigenvalue weighted by atomic mass is 32.5. The van der Waals surface area contributed by atoms with Crippen molar-refractivity contribution in [1.82, 2.24) is 4.90 Å². The molecule has 0 spiro atoms. The predicted octanol–water partition coefficient (Wildman–Crippen LogP) is 5.92. The van der Waals surface area contributed by atoms with Crippen LogP contribution >= 0.6 is 10.2 Å². The summed E-state index contributed by atoms with van der Waals surface area (Å²) in [4.78, 5) is 9.30. The molecule has 144 valence electrons. The molecular weight excluding hydrogens is 386 g/mol. The van der Waals surface area contributed by atoms with Crippen LogP contribution in [-0.2, 0) is 5.41 Å². The Balaban J connectivity index is 2.44. The van der Waals surface area contributed by atoms with E-state index in [-0.39, 0.29) is 12.1 Å². The molecule has 25 heavy (non-hydrogen) atoms. The van der Waals surface area contributed by atoms with E-state index < -0.39 is 64.3 Å². The van der Waals surface area contributed by atoms with Gasteiger partial charge in [-0.2, -0.15) is 13.2 Å². The first kappa shape index (κ1) is 19.6. The van der Waals surface area contributed by atoms with E-state index in [1.54, 1.807) is 0 Å². The summed E-state index contributed by atoms with van der Waals surface area (Å²) in [6.45, 7) is -0.948. The molecule has 1 aromatic rings. The van der Waals surface area contributed by atoms with Crippen LogP contribution in [0.2, 0.25) is 0 Å². The minimum Gasteiger partial charge on any atom is -0.465 e. The number of piperidine rings is 1. The van der Waals surface area contributed by atoms with Crippen molar-refractivity contribution in [3.63, 3.8) is 0 Å². The normalized spacial score (nSPS) is 21.4. The molecule has 0 unspecified atom stereocenters. The number of rotatable bonds is 2. The topological polar surface area (TPSA) is 40.5 Å². The SMILES string of the molecule is O=C(O)N1CCC(c2ccc(S(F)(F)(F)(F)F)cc2)(C(F)(F)F)CC1. The van der Waals surface area contributed by atoms with Crippen molar-refractivity contribution in [1.29, 1.82) is 0 Å². The number of benzene rings is 1. The fourth-order valence-corrected chi connectivity index (χ4v) is 3.50. The van der Waals surface area contributed by atoms with Gasteiger partial charge in [0.05, 0.1) is 5.41 Å². The maximum absolute atomic E-state index is 13.6. The van der Waals surface area contributed by atoms with E-state index in [1.165, 1.54) is 0 Å². The number of alkyl halides is 3. The van der Waals surface area contributed by atoms with Gasteiger partial charge in [-0.05, 0) is 30.5 Å². The zero-order chi connectivity index (χ0) is 19.4. The van der Waals surface area contributed by atoms with E-state index in [9.17, 15) is 37.4 Å². The first-order valence-corrected chi connectivity index (χ1v) is 8.81. The molecule has 1 aliphatic heterocycles. The van der Waals surface area contributed by atoms with E-state index >= 15 is 0 Å². The maximum atomic E-state index is 13.6. The summed E-state index contributed by atoms with van der Waals surface area (Å²) in [5.41, 5.74) is -3.19. The number of hydrogen-bond acceptors (Lipinski definition) is 1. The lowest BCUT2D eigenvalue weighted by molar-refractivity contribution is -0.201. The van der Waals surface area contributed by atoms with Gasteiger partial charge in [0.2, 0.25) is 0 Å². The number of amides is 1. The van der Waals surface area contributed by atoms with Gasteiger partial charge >= 0.3 is 22.5 Å². The summed E-state index contributed by atoms with van der Waals surface area (Å²) < 4.78 is 104. The number of halogens is 8. The molecule has 1 aromatic carbocycles. The smallest absolute Gasteiger partial charge is 0.407 e. The van der Waals surface area contributed by atoms with Crippen LogP contribution in [-0.4, -0.2) is 35.4 Å². The third kappa shape index (κ3) is 3.77. The quantitative estimate of drug-likeness (QED) is 0.628. The summed E-state index contributed by atoms with van der Waals surface area (Å²) in [6, 6.07) is 0.649. The Morgan fingerprint density at radius 3 is 1.76 bits per heavy atom. The number of carboxylic acid groups (broad SMARTS) is 1. The highest BCUT2D eigenvalue weighted by molar-refractivity contribution is 8.45. The Morgan fingerprint density at radius 1 is 1.00 bits per heavy atom. The number of hydrogen-bond donors (Lipinski definition) is 1. The second-order valence-electron chi connectivity index (χ2n) is 5.84. The molecule has 0 radical (unpaired) electrons. The van der Waals surface area contributed by atoms with Gasteiger partial charge in [-0.15, -0.1) is 0 Å². The van der Waals surface area contributed by atoms with Crippen LogP contribution in [0.3, 0.4) is 0 Å². The second kappa shape index (κ2) is 4.92. The second-order valence-corrected chi connectivity index (χ2v) is 8.25. The molecule has 0 atom stereocenters. The maximum Gasteiger partial charge on any atom is 0.407 e. The largest absolute Gasteiger partial charge is 0.465 e. The van der Waals surface area contributed by atoms with Crippen molar-refractivity contribution in [3.05, 3.63) is 29.8 Å². The molecule has 1 saturated heterocycles. The molecule has 1 fully saturated rings. The van der Waals surface area contributed by atoms with Crippen molar-refractivity contribution in [2.24, 2.45) is 0 Å². The van der Waals surface area contributed by atoms with Crippen molar-refractivity contribution < 1.29 is 42.5 Å². The summed E-state index contributed by atoms with van der Waals surface area (Å²) in [5.74, 6) is 0. The Kier molecular flexibility index (Phi) is 3.86. The number of likely N-dealkylation sites (tertiary alicyclic amines) is 1. The molecule has 1 aliphatic rings. The zero-order valence-electron chi connectivity index (χ0n) is 12.4. The molecule has 0 aliphatic carbocycles. The monoisotopic (exact) mass is 399 g/mol. The van der Waals surface area contributed by atoms with Gasteiger partial charge in [0.1, 0.15) is 4.90 Å². The first-order chi connectivity index (χ1) is 11.0. The molecule has 1 N–H and O–H groups in total. The Labute approximate surface area is 136 Å². The summed E-state index contributed by atoms with van der Waals surface area (Å²) in [7, 11) is -9.98. The molecule has 2 rings (SSSR count). The zero-order valence-corrected chi connectivity index (χ0v) is 13.2. The third-order valence-electron chi connectivity index (χ3n) is 4.28. The van der Waals surface area contributed by atoms with Gasteiger partial charge in [-0.1, -0.05) is 31.6 Å². The van der Waals surface area contributed by atoms with Crippen molar-refractivity contribution in [3.8, 4) is 0 Å². The van der Waals surface area contributed by atoms with Gasteiger partial charge in [0, 0.05) is 13.1 Å². The van der Waals surface area contributed by atoms with Crippen molar-refractivity contribution in [2.45, 2.75) is 29.3 Å². The molecule has 3 nitrogen and oxygen atoms in total. The van der Waals surface area contributed by atoms with Crippen molar-refractivity contribution in [2.75, 3.05) is 13.1 Å². The molecular formula is C13H13F8NO2S. The van der Waals surface area contributed by atoms with Gasteiger partial charge < -0.3 is 10.0 Å². The summed E-state index contributed by atoms with van der Waals surface area (Å²) in [5, 5.41) is 8.80. The fourth-order valence-electron chi connectivity index (χ4n) is 2.85. The van der Waals surface area contributed by atoms with Crippen LogP contribution in [0.5, 0.6) is 0 Å². The van der Waals surface area contributed by atoms with Crippen LogP contribution < -0.4 is 0 Å². The average molecular weight is 399 g/mol. The van der Waals surface area contributed by atoms with Gasteiger partial charge in [-0.25, -0.2) is 4.79 Å². The van der Waals surface area contributed by atoms with E-state index in [1.807, 2.05) is 0 Å². The van der Waals surface area contributed by atoms with Crippen molar-refractivity contribution >= 4 is 16.3 Å².